The first-order valence-electron chi connectivity index (χ1n) is 6.95. The Hall–Kier alpha value is -1.64. The van der Waals surface area contributed by atoms with Gasteiger partial charge in [0.05, 0.1) is 5.71 Å². The topological polar surface area (TPSA) is 41.5 Å². The molecule has 0 radical (unpaired) electrons. The van der Waals surface area contributed by atoms with Gasteiger partial charge in [0.15, 0.2) is 0 Å². The number of benzene rings is 1. The molecule has 0 atom stereocenters. The maximum Gasteiger partial charge on any atom is 0.240 e. The lowest BCUT2D eigenvalue weighted by Gasteiger charge is -2.05. The van der Waals surface area contributed by atoms with E-state index in [-0.39, 0.29) is 5.91 Å². The summed E-state index contributed by atoms with van der Waals surface area (Å²) in [6.07, 6.45) is 3.70. The Morgan fingerprint density at radius 2 is 1.95 bits per heavy atom. The van der Waals surface area contributed by atoms with E-state index in [4.69, 9.17) is 0 Å². The van der Waals surface area contributed by atoms with Crippen molar-refractivity contribution in [3.8, 4) is 0 Å². The standard InChI is InChI=1S/C16H24N2O/c1-5-6-7-8-16(19)18-17-14(4)15-10-9-12(2)13(3)11-15/h9-11H,5-8H2,1-4H3,(H,18,19)/b17-14+. The minimum Gasteiger partial charge on any atom is -0.273 e. The highest BCUT2D eigenvalue weighted by molar-refractivity contribution is 5.99. The molecule has 0 unspecified atom stereocenters. The number of nitrogens with one attached hydrogen (secondary N) is 1. The Kier molecular flexibility index (Phi) is 6.26. The number of rotatable bonds is 6. The average Bonchev–Trinajstić information content (AvgIpc) is 2.39. The van der Waals surface area contributed by atoms with Gasteiger partial charge in [-0.15, -0.1) is 0 Å². The Balaban J connectivity index is 2.56. The van der Waals surface area contributed by atoms with Gasteiger partial charge < -0.3 is 0 Å². The molecule has 0 aliphatic heterocycles. The van der Waals surface area contributed by atoms with Crippen LogP contribution in [-0.2, 0) is 4.79 Å². The smallest absolute Gasteiger partial charge is 0.240 e. The van der Waals surface area contributed by atoms with E-state index in [0.29, 0.717) is 6.42 Å². The average molecular weight is 260 g/mol. The molecule has 1 aromatic rings. The van der Waals surface area contributed by atoms with Gasteiger partial charge in [-0.3, -0.25) is 4.79 Å². The van der Waals surface area contributed by atoms with Crippen molar-refractivity contribution in [2.75, 3.05) is 0 Å². The van der Waals surface area contributed by atoms with Crippen molar-refractivity contribution in [1.82, 2.24) is 5.43 Å². The SMILES string of the molecule is CCCCCC(=O)N/N=C(\C)c1ccc(C)c(C)c1. The van der Waals surface area contributed by atoms with Gasteiger partial charge in [0.25, 0.3) is 0 Å². The summed E-state index contributed by atoms with van der Waals surface area (Å²) in [6, 6.07) is 6.20. The Morgan fingerprint density at radius 3 is 2.58 bits per heavy atom. The van der Waals surface area contributed by atoms with Crippen molar-refractivity contribution in [3.05, 3.63) is 34.9 Å². The number of nitrogens with zero attached hydrogens (tertiary/aromatic N) is 1. The lowest BCUT2D eigenvalue weighted by molar-refractivity contribution is -0.121. The van der Waals surface area contributed by atoms with Crippen LogP contribution in [0, 0.1) is 13.8 Å². The van der Waals surface area contributed by atoms with Crippen molar-refractivity contribution >= 4 is 11.6 Å². The molecule has 0 saturated heterocycles. The Bertz CT molecular complexity index is 464. The monoisotopic (exact) mass is 260 g/mol. The quantitative estimate of drug-likeness (QED) is 0.472. The van der Waals surface area contributed by atoms with Crippen LogP contribution in [0.1, 0.15) is 56.2 Å². The zero-order valence-electron chi connectivity index (χ0n) is 12.4. The number of carbonyl (C=O) groups excluding carboxylic acids is 1. The van der Waals surface area contributed by atoms with Crippen LogP contribution in [0.4, 0.5) is 0 Å². The number of carbonyl (C=O) groups is 1. The molecule has 0 fully saturated rings. The van der Waals surface area contributed by atoms with Gasteiger partial charge >= 0.3 is 0 Å². The van der Waals surface area contributed by atoms with Crippen LogP contribution in [0.5, 0.6) is 0 Å². The van der Waals surface area contributed by atoms with Crippen LogP contribution in [0.3, 0.4) is 0 Å². The van der Waals surface area contributed by atoms with Crippen molar-refractivity contribution in [2.24, 2.45) is 5.10 Å². The number of amides is 1. The summed E-state index contributed by atoms with van der Waals surface area (Å²) in [5, 5.41) is 4.16. The lowest BCUT2D eigenvalue weighted by Crippen LogP contribution is -2.18. The molecule has 0 spiro atoms. The van der Waals surface area contributed by atoms with Gasteiger partial charge in [-0.2, -0.15) is 5.10 Å². The molecule has 0 bridgehead atoms. The maximum absolute atomic E-state index is 11.6. The molecular weight excluding hydrogens is 236 g/mol. The summed E-state index contributed by atoms with van der Waals surface area (Å²) in [5.74, 6) is -0.00312. The molecular formula is C16H24N2O. The van der Waals surface area contributed by atoms with Gasteiger partial charge in [-0.25, -0.2) is 5.43 Å². The molecule has 104 valence electrons. The highest BCUT2D eigenvalue weighted by Gasteiger charge is 2.02. The molecule has 0 aliphatic rings. The third-order valence-corrected chi connectivity index (χ3v) is 3.28. The third kappa shape index (κ3) is 5.25. The number of hydrazone groups is 1. The van der Waals surface area contributed by atoms with Gasteiger partial charge in [0, 0.05) is 6.42 Å². The Morgan fingerprint density at radius 1 is 1.21 bits per heavy atom. The molecule has 0 aromatic heterocycles. The molecule has 3 heteroatoms. The van der Waals surface area contributed by atoms with Crippen LogP contribution in [0.15, 0.2) is 23.3 Å². The zero-order chi connectivity index (χ0) is 14.3. The minimum absolute atomic E-state index is 0.00312. The number of hydrogen-bond acceptors (Lipinski definition) is 2. The van der Waals surface area contributed by atoms with Gasteiger partial charge in [0.2, 0.25) is 5.91 Å². The summed E-state index contributed by atoms with van der Waals surface area (Å²) in [5.41, 5.74) is 7.02. The van der Waals surface area contributed by atoms with E-state index in [0.717, 1.165) is 30.5 Å². The highest BCUT2D eigenvalue weighted by Crippen LogP contribution is 2.10. The Labute approximate surface area is 116 Å². The summed E-state index contributed by atoms with van der Waals surface area (Å²) in [6.45, 7) is 8.20. The molecule has 0 aliphatic carbocycles. The zero-order valence-corrected chi connectivity index (χ0v) is 12.4. The van der Waals surface area contributed by atoms with E-state index >= 15 is 0 Å². The second-order valence-electron chi connectivity index (χ2n) is 4.99. The van der Waals surface area contributed by atoms with E-state index in [9.17, 15) is 4.79 Å². The second-order valence-corrected chi connectivity index (χ2v) is 4.99. The van der Waals surface area contributed by atoms with Crippen molar-refractivity contribution in [2.45, 2.75) is 53.4 Å². The molecule has 1 amide bonds. The fraction of sp³-hybridized carbons (Fsp3) is 0.500. The number of unbranched alkanes of at least 4 members (excludes halogenated alkanes) is 2. The first kappa shape index (κ1) is 15.4. The lowest BCUT2D eigenvalue weighted by atomic mass is 10.0. The van der Waals surface area contributed by atoms with Crippen molar-refractivity contribution in [1.29, 1.82) is 0 Å². The third-order valence-electron chi connectivity index (χ3n) is 3.28. The van der Waals surface area contributed by atoms with E-state index in [1.807, 2.05) is 13.0 Å². The summed E-state index contributed by atoms with van der Waals surface area (Å²) >= 11 is 0. The van der Waals surface area contributed by atoms with Crippen molar-refractivity contribution in [3.63, 3.8) is 0 Å². The molecule has 1 aromatic carbocycles. The van der Waals surface area contributed by atoms with Gasteiger partial charge in [-0.1, -0.05) is 31.9 Å². The number of hydrogen-bond donors (Lipinski definition) is 1. The predicted molar refractivity (Wildman–Crippen MR) is 80.4 cm³/mol. The number of aryl methyl sites for hydroxylation is 2. The largest absolute Gasteiger partial charge is 0.273 e. The molecule has 0 saturated carbocycles. The van der Waals surface area contributed by atoms with Crippen LogP contribution in [0.2, 0.25) is 0 Å². The van der Waals surface area contributed by atoms with Crippen molar-refractivity contribution < 1.29 is 4.79 Å². The van der Waals surface area contributed by atoms with Crippen LogP contribution < -0.4 is 5.43 Å². The van der Waals surface area contributed by atoms with Gasteiger partial charge in [0.1, 0.15) is 0 Å². The fourth-order valence-electron chi connectivity index (χ4n) is 1.77. The molecule has 1 rings (SSSR count). The first-order valence-corrected chi connectivity index (χ1v) is 6.95. The molecule has 3 nitrogen and oxygen atoms in total. The summed E-state index contributed by atoms with van der Waals surface area (Å²) < 4.78 is 0. The molecule has 0 heterocycles. The highest BCUT2D eigenvalue weighted by atomic mass is 16.2. The maximum atomic E-state index is 11.6. The fourth-order valence-corrected chi connectivity index (χ4v) is 1.77. The molecule has 1 N–H and O–H groups in total. The minimum atomic E-state index is -0.00312. The van der Waals surface area contributed by atoms with E-state index < -0.39 is 0 Å². The second kappa shape index (κ2) is 7.72. The van der Waals surface area contributed by atoms with Crippen LogP contribution in [-0.4, -0.2) is 11.6 Å². The van der Waals surface area contributed by atoms with Crippen LogP contribution in [0.25, 0.3) is 0 Å². The van der Waals surface area contributed by atoms with E-state index in [1.165, 1.54) is 11.1 Å². The normalized spacial score (nSPS) is 11.5. The summed E-state index contributed by atoms with van der Waals surface area (Å²) in [4.78, 5) is 11.6. The van der Waals surface area contributed by atoms with Gasteiger partial charge in [-0.05, 0) is 49.9 Å². The first-order chi connectivity index (χ1) is 9.04. The van der Waals surface area contributed by atoms with Crippen LogP contribution >= 0.6 is 0 Å². The van der Waals surface area contributed by atoms with E-state index in [1.54, 1.807) is 0 Å². The summed E-state index contributed by atoms with van der Waals surface area (Å²) in [7, 11) is 0. The molecule has 19 heavy (non-hydrogen) atoms. The van der Waals surface area contributed by atoms with E-state index in [2.05, 4.69) is 43.4 Å². The predicted octanol–water partition coefficient (Wildman–Crippen LogP) is 3.72.